The van der Waals surface area contributed by atoms with Crippen molar-refractivity contribution in [2.24, 2.45) is 0 Å². The standard InChI is InChI=1S/C24H22F3N5O3/c1-13-9-16(10-30-22(13)35-12-24(25,26)27)15(3)32-11-19-18(23(32)34)6-8-29-20(19)31-21(33)17-5-4-7-28-14(17)2/h4-10,15H,11-12H2,1-3H3,(H,29,31,33). The molecule has 1 N–H and O–H groups in total. The molecule has 0 fully saturated rings. The van der Waals surface area contributed by atoms with Crippen molar-refractivity contribution in [2.45, 2.75) is 39.5 Å². The van der Waals surface area contributed by atoms with Gasteiger partial charge < -0.3 is 15.0 Å². The highest BCUT2D eigenvalue weighted by molar-refractivity contribution is 6.06. The third-order valence-corrected chi connectivity index (χ3v) is 5.73. The lowest BCUT2D eigenvalue weighted by molar-refractivity contribution is -0.154. The van der Waals surface area contributed by atoms with Crippen LogP contribution in [0.2, 0.25) is 0 Å². The first-order chi connectivity index (χ1) is 16.5. The van der Waals surface area contributed by atoms with Crippen LogP contribution in [0.25, 0.3) is 0 Å². The summed E-state index contributed by atoms with van der Waals surface area (Å²) in [5.74, 6) is -0.471. The van der Waals surface area contributed by atoms with Crippen LogP contribution in [0.4, 0.5) is 19.0 Å². The predicted octanol–water partition coefficient (Wildman–Crippen LogP) is 4.40. The second-order valence-electron chi connectivity index (χ2n) is 8.18. The van der Waals surface area contributed by atoms with Gasteiger partial charge in [0, 0.05) is 41.0 Å². The molecule has 1 aliphatic rings. The zero-order valence-electron chi connectivity index (χ0n) is 19.2. The van der Waals surface area contributed by atoms with Crippen LogP contribution in [0.5, 0.6) is 5.88 Å². The molecule has 0 saturated heterocycles. The van der Waals surface area contributed by atoms with Crippen molar-refractivity contribution < 1.29 is 27.5 Å². The summed E-state index contributed by atoms with van der Waals surface area (Å²) in [5, 5.41) is 2.77. The van der Waals surface area contributed by atoms with Gasteiger partial charge in [0.1, 0.15) is 5.82 Å². The third kappa shape index (κ3) is 5.08. The van der Waals surface area contributed by atoms with E-state index in [-0.39, 0.29) is 30.1 Å². The number of halogens is 3. The Hall–Kier alpha value is -4.02. The molecular formula is C24H22F3N5O3. The fraction of sp³-hybridized carbons (Fsp3) is 0.292. The van der Waals surface area contributed by atoms with E-state index in [1.54, 1.807) is 56.1 Å². The Morgan fingerprint density at radius 1 is 1.20 bits per heavy atom. The Morgan fingerprint density at radius 3 is 2.66 bits per heavy atom. The van der Waals surface area contributed by atoms with Crippen LogP contribution in [0.3, 0.4) is 0 Å². The van der Waals surface area contributed by atoms with Gasteiger partial charge in [-0.25, -0.2) is 9.97 Å². The number of hydrogen-bond donors (Lipinski definition) is 1. The van der Waals surface area contributed by atoms with Crippen LogP contribution < -0.4 is 10.1 Å². The van der Waals surface area contributed by atoms with Gasteiger partial charge in [-0.05, 0) is 50.6 Å². The van der Waals surface area contributed by atoms with E-state index < -0.39 is 18.8 Å². The van der Waals surface area contributed by atoms with E-state index in [1.165, 1.54) is 12.4 Å². The summed E-state index contributed by atoms with van der Waals surface area (Å²) < 4.78 is 42.1. The SMILES string of the molecule is Cc1cc(C(C)N2Cc3c(ccnc3NC(=O)c3cccnc3C)C2=O)cnc1OCC(F)(F)F. The lowest BCUT2D eigenvalue weighted by Crippen LogP contribution is -2.27. The minimum absolute atomic E-state index is 0.116. The summed E-state index contributed by atoms with van der Waals surface area (Å²) in [4.78, 5) is 39.9. The molecule has 1 unspecified atom stereocenters. The Kier molecular flexibility index (Phi) is 6.42. The summed E-state index contributed by atoms with van der Waals surface area (Å²) in [7, 11) is 0. The number of carbonyl (C=O) groups is 2. The largest absolute Gasteiger partial charge is 0.468 e. The van der Waals surface area contributed by atoms with E-state index in [9.17, 15) is 22.8 Å². The molecule has 2 amide bonds. The van der Waals surface area contributed by atoms with Gasteiger partial charge in [0.2, 0.25) is 5.88 Å². The van der Waals surface area contributed by atoms with Gasteiger partial charge in [-0.15, -0.1) is 0 Å². The minimum Gasteiger partial charge on any atom is -0.468 e. The first-order valence-electron chi connectivity index (χ1n) is 10.7. The highest BCUT2D eigenvalue weighted by Gasteiger charge is 2.34. The Labute approximate surface area is 199 Å². The molecule has 0 radical (unpaired) electrons. The number of aryl methyl sites for hydroxylation is 2. The monoisotopic (exact) mass is 485 g/mol. The normalized spacial score (nSPS) is 14.0. The fourth-order valence-corrected chi connectivity index (χ4v) is 3.86. The molecule has 35 heavy (non-hydrogen) atoms. The Bertz CT molecular complexity index is 1300. The molecule has 4 rings (SSSR count). The van der Waals surface area contributed by atoms with E-state index >= 15 is 0 Å². The number of aromatic nitrogens is 3. The molecule has 3 aromatic heterocycles. The number of carbonyl (C=O) groups excluding carboxylic acids is 2. The van der Waals surface area contributed by atoms with Gasteiger partial charge in [-0.3, -0.25) is 14.6 Å². The third-order valence-electron chi connectivity index (χ3n) is 5.73. The molecule has 8 nitrogen and oxygen atoms in total. The zero-order chi connectivity index (χ0) is 25.3. The highest BCUT2D eigenvalue weighted by Crippen LogP contribution is 2.35. The highest BCUT2D eigenvalue weighted by atomic mass is 19.4. The number of nitrogens with zero attached hydrogens (tertiary/aromatic N) is 4. The number of amides is 2. The molecule has 0 saturated carbocycles. The molecule has 0 spiro atoms. The van der Waals surface area contributed by atoms with Crippen molar-refractivity contribution in [3.8, 4) is 5.88 Å². The molecule has 0 aliphatic carbocycles. The number of ether oxygens (including phenoxy) is 1. The topological polar surface area (TPSA) is 97.3 Å². The van der Waals surface area contributed by atoms with Crippen LogP contribution in [-0.2, 0) is 6.54 Å². The zero-order valence-corrected chi connectivity index (χ0v) is 19.2. The average molecular weight is 485 g/mol. The summed E-state index contributed by atoms with van der Waals surface area (Å²) >= 11 is 0. The van der Waals surface area contributed by atoms with Gasteiger partial charge in [-0.1, -0.05) is 0 Å². The maximum absolute atomic E-state index is 13.1. The van der Waals surface area contributed by atoms with Crippen molar-refractivity contribution in [3.63, 3.8) is 0 Å². The van der Waals surface area contributed by atoms with Crippen molar-refractivity contribution in [1.82, 2.24) is 19.9 Å². The van der Waals surface area contributed by atoms with Gasteiger partial charge in [-0.2, -0.15) is 13.2 Å². The lowest BCUT2D eigenvalue weighted by Gasteiger charge is -2.25. The van der Waals surface area contributed by atoms with Crippen molar-refractivity contribution >= 4 is 17.6 Å². The molecule has 0 aromatic carbocycles. The number of rotatable bonds is 6. The first-order valence-corrected chi connectivity index (χ1v) is 10.7. The fourth-order valence-electron chi connectivity index (χ4n) is 3.86. The summed E-state index contributed by atoms with van der Waals surface area (Å²) in [6.45, 7) is 3.86. The Morgan fingerprint density at radius 2 is 1.97 bits per heavy atom. The molecule has 1 aliphatic heterocycles. The quantitative estimate of drug-likeness (QED) is 0.556. The lowest BCUT2D eigenvalue weighted by atomic mass is 10.1. The Balaban J connectivity index is 1.53. The molecule has 0 bridgehead atoms. The molecule has 11 heteroatoms. The molecular weight excluding hydrogens is 463 g/mol. The van der Waals surface area contributed by atoms with Crippen LogP contribution in [-0.4, -0.2) is 44.4 Å². The smallest absolute Gasteiger partial charge is 0.422 e. The summed E-state index contributed by atoms with van der Waals surface area (Å²) in [6.07, 6.45) is -0.0281. The molecule has 182 valence electrons. The van der Waals surface area contributed by atoms with E-state index in [2.05, 4.69) is 20.3 Å². The van der Waals surface area contributed by atoms with E-state index in [4.69, 9.17) is 4.74 Å². The molecule has 3 aromatic rings. The number of pyridine rings is 3. The van der Waals surface area contributed by atoms with Gasteiger partial charge in [0.25, 0.3) is 11.8 Å². The second kappa shape index (κ2) is 9.32. The van der Waals surface area contributed by atoms with Crippen LogP contribution in [0.1, 0.15) is 56.1 Å². The molecule has 1 atom stereocenters. The molecule has 4 heterocycles. The van der Waals surface area contributed by atoms with E-state index in [0.717, 1.165) is 0 Å². The maximum Gasteiger partial charge on any atom is 0.422 e. The van der Waals surface area contributed by atoms with E-state index in [1.807, 2.05) is 0 Å². The van der Waals surface area contributed by atoms with Crippen molar-refractivity contribution in [1.29, 1.82) is 0 Å². The second-order valence-corrected chi connectivity index (χ2v) is 8.18. The van der Waals surface area contributed by atoms with Crippen molar-refractivity contribution in [2.75, 3.05) is 11.9 Å². The number of nitrogens with one attached hydrogen (secondary N) is 1. The number of alkyl halides is 3. The van der Waals surface area contributed by atoms with Crippen LogP contribution in [0.15, 0.2) is 42.9 Å². The maximum atomic E-state index is 13.1. The first kappa shape index (κ1) is 24.1. The minimum atomic E-state index is -4.47. The van der Waals surface area contributed by atoms with Gasteiger partial charge in [0.05, 0.1) is 18.2 Å². The van der Waals surface area contributed by atoms with Gasteiger partial charge >= 0.3 is 6.18 Å². The van der Waals surface area contributed by atoms with Crippen molar-refractivity contribution in [3.05, 3.63) is 76.4 Å². The number of fused-ring (bicyclic) bond motifs is 1. The van der Waals surface area contributed by atoms with Crippen LogP contribution in [0, 0.1) is 13.8 Å². The summed E-state index contributed by atoms with van der Waals surface area (Å²) in [6, 6.07) is 6.10. The van der Waals surface area contributed by atoms with Gasteiger partial charge in [0.15, 0.2) is 6.61 Å². The number of anilines is 1. The predicted molar refractivity (Wildman–Crippen MR) is 120 cm³/mol. The summed E-state index contributed by atoms with van der Waals surface area (Å²) in [5.41, 5.74) is 3.01. The number of hydrogen-bond acceptors (Lipinski definition) is 6. The average Bonchev–Trinajstić information content (AvgIpc) is 3.15. The van der Waals surface area contributed by atoms with Crippen LogP contribution >= 0.6 is 0 Å². The van der Waals surface area contributed by atoms with E-state index in [0.29, 0.717) is 33.5 Å².